The normalized spacial score (nSPS) is 11.0. The van der Waals surface area contributed by atoms with Crippen molar-refractivity contribution in [2.45, 2.75) is 13.1 Å². The smallest absolute Gasteiger partial charge is 0.0589 e. The number of hydrogen-bond donors (Lipinski definition) is 0. The number of pyridine rings is 1. The highest BCUT2D eigenvalue weighted by molar-refractivity contribution is 9.10. The molecule has 0 unspecified atom stereocenters. The van der Waals surface area contributed by atoms with Crippen LogP contribution in [0.3, 0.4) is 0 Å². The Morgan fingerprint density at radius 1 is 1.29 bits per heavy atom. The van der Waals surface area contributed by atoms with Crippen LogP contribution < -0.4 is 0 Å². The Bertz CT molecular complexity index is 565. The molecule has 0 aliphatic heterocycles. The SMILES string of the molecule is COCCN(Cc1cccnc1)Cc1ccc(Cl)cc1Br. The Balaban J connectivity index is 2.08. The average molecular weight is 370 g/mol. The quantitative estimate of drug-likeness (QED) is 0.733. The largest absolute Gasteiger partial charge is 0.383 e. The molecule has 1 aromatic carbocycles. The molecule has 0 saturated heterocycles. The molecule has 5 heteroatoms. The summed E-state index contributed by atoms with van der Waals surface area (Å²) in [5, 5.41) is 0.737. The summed E-state index contributed by atoms with van der Waals surface area (Å²) in [5.41, 5.74) is 2.40. The number of hydrogen-bond acceptors (Lipinski definition) is 3. The van der Waals surface area contributed by atoms with Crippen molar-refractivity contribution in [3.63, 3.8) is 0 Å². The van der Waals surface area contributed by atoms with Crippen LogP contribution in [0.1, 0.15) is 11.1 Å². The van der Waals surface area contributed by atoms with E-state index in [0.717, 1.165) is 29.1 Å². The molecule has 1 heterocycles. The molecule has 21 heavy (non-hydrogen) atoms. The zero-order valence-electron chi connectivity index (χ0n) is 11.9. The predicted molar refractivity (Wildman–Crippen MR) is 89.4 cm³/mol. The minimum atomic E-state index is 0.700. The van der Waals surface area contributed by atoms with Gasteiger partial charge in [0, 0.05) is 48.6 Å². The molecule has 1 aromatic heterocycles. The lowest BCUT2D eigenvalue weighted by molar-refractivity contribution is 0.140. The topological polar surface area (TPSA) is 25.4 Å². The molecule has 2 rings (SSSR count). The maximum Gasteiger partial charge on any atom is 0.0589 e. The Labute approximate surface area is 139 Å². The predicted octanol–water partition coefficient (Wildman–Crippen LogP) is 4.15. The molecule has 0 aliphatic carbocycles. The Hall–Kier alpha value is -0.940. The summed E-state index contributed by atoms with van der Waals surface area (Å²) in [4.78, 5) is 6.50. The van der Waals surface area contributed by atoms with Crippen molar-refractivity contribution < 1.29 is 4.74 Å². The van der Waals surface area contributed by atoms with Gasteiger partial charge in [-0.3, -0.25) is 9.88 Å². The highest BCUT2D eigenvalue weighted by atomic mass is 79.9. The van der Waals surface area contributed by atoms with Gasteiger partial charge in [0.1, 0.15) is 0 Å². The molecule has 112 valence electrons. The van der Waals surface area contributed by atoms with E-state index < -0.39 is 0 Å². The van der Waals surface area contributed by atoms with Crippen molar-refractivity contribution in [2.75, 3.05) is 20.3 Å². The fraction of sp³-hybridized carbons (Fsp3) is 0.312. The van der Waals surface area contributed by atoms with Gasteiger partial charge in [0.15, 0.2) is 0 Å². The summed E-state index contributed by atoms with van der Waals surface area (Å²) in [5.74, 6) is 0. The summed E-state index contributed by atoms with van der Waals surface area (Å²) in [7, 11) is 1.72. The molecule has 2 aromatic rings. The number of methoxy groups -OCH3 is 1. The number of benzene rings is 1. The highest BCUT2D eigenvalue weighted by Gasteiger charge is 2.10. The first-order valence-corrected chi connectivity index (χ1v) is 7.90. The fourth-order valence-corrected chi connectivity index (χ4v) is 2.88. The van der Waals surface area contributed by atoms with Gasteiger partial charge in [-0.05, 0) is 29.3 Å². The van der Waals surface area contributed by atoms with Gasteiger partial charge in [0.05, 0.1) is 6.61 Å². The van der Waals surface area contributed by atoms with E-state index in [0.29, 0.717) is 6.61 Å². The van der Waals surface area contributed by atoms with Crippen LogP contribution >= 0.6 is 27.5 Å². The first kappa shape index (κ1) is 16.4. The zero-order chi connectivity index (χ0) is 15.1. The second-order valence-corrected chi connectivity index (χ2v) is 6.09. The second-order valence-electron chi connectivity index (χ2n) is 4.80. The van der Waals surface area contributed by atoms with Gasteiger partial charge >= 0.3 is 0 Å². The number of rotatable bonds is 7. The van der Waals surface area contributed by atoms with Crippen molar-refractivity contribution in [2.24, 2.45) is 0 Å². The molecule has 0 amide bonds. The summed E-state index contributed by atoms with van der Waals surface area (Å²) >= 11 is 9.57. The van der Waals surface area contributed by atoms with Crippen molar-refractivity contribution in [3.8, 4) is 0 Å². The number of ether oxygens (including phenoxy) is 1. The molecule has 3 nitrogen and oxygen atoms in total. The summed E-state index contributed by atoms with van der Waals surface area (Å²) in [6, 6.07) is 9.94. The third-order valence-electron chi connectivity index (χ3n) is 3.15. The van der Waals surface area contributed by atoms with Crippen molar-refractivity contribution >= 4 is 27.5 Å². The van der Waals surface area contributed by atoms with Gasteiger partial charge in [-0.25, -0.2) is 0 Å². The fourth-order valence-electron chi connectivity index (χ4n) is 2.08. The Morgan fingerprint density at radius 2 is 2.14 bits per heavy atom. The molecule has 0 N–H and O–H groups in total. The van der Waals surface area contributed by atoms with Gasteiger partial charge in [-0.1, -0.05) is 39.7 Å². The van der Waals surface area contributed by atoms with E-state index in [1.807, 2.05) is 24.4 Å². The molecule has 0 bridgehead atoms. The second kappa shape index (κ2) is 8.49. The van der Waals surface area contributed by atoms with Crippen LogP contribution in [0, 0.1) is 0 Å². The van der Waals surface area contributed by atoms with Crippen LogP contribution in [-0.4, -0.2) is 30.1 Å². The molecule has 0 spiro atoms. The lowest BCUT2D eigenvalue weighted by atomic mass is 10.2. The molecular weight excluding hydrogens is 352 g/mol. The van der Waals surface area contributed by atoms with Crippen LogP contribution in [-0.2, 0) is 17.8 Å². The summed E-state index contributed by atoms with van der Waals surface area (Å²) in [6.07, 6.45) is 3.69. The Morgan fingerprint density at radius 3 is 2.81 bits per heavy atom. The van der Waals surface area contributed by atoms with Gasteiger partial charge in [-0.2, -0.15) is 0 Å². The van der Waals surface area contributed by atoms with Crippen LogP contribution in [0.2, 0.25) is 5.02 Å². The third kappa shape index (κ3) is 5.40. The minimum absolute atomic E-state index is 0.700. The van der Waals surface area contributed by atoms with Gasteiger partial charge in [-0.15, -0.1) is 0 Å². The van der Waals surface area contributed by atoms with E-state index in [-0.39, 0.29) is 0 Å². The van der Waals surface area contributed by atoms with Crippen LogP contribution in [0.15, 0.2) is 47.2 Å². The van der Waals surface area contributed by atoms with E-state index in [2.05, 4.69) is 37.9 Å². The summed E-state index contributed by atoms with van der Waals surface area (Å²) in [6.45, 7) is 3.23. The van der Waals surface area contributed by atoms with Crippen molar-refractivity contribution in [1.29, 1.82) is 0 Å². The third-order valence-corrected chi connectivity index (χ3v) is 4.12. The van der Waals surface area contributed by atoms with Crippen LogP contribution in [0.25, 0.3) is 0 Å². The first-order chi connectivity index (χ1) is 10.2. The van der Waals surface area contributed by atoms with Crippen molar-refractivity contribution in [3.05, 3.63) is 63.3 Å². The molecule has 0 aliphatic rings. The first-order valence-electron chi connectivity index (χ1n) is 6.73. The molecule has 0 fully saturated rings. The maximum absolute atomic E-state index is 5.99. The lowest BCUT2D eigenvalue weighted by Gasteiger charge is -2.22. The maximum atomic E-state index is 5.99. The van der Waals surface area contributed by atoms with Crippen molar-refractivity contribution in [1.82, 2.24) is 9.88 Å². The van der Waals surface area contributed by atoms with Gasteiger partial charge < -0.3 is 4.74 Å². The monoisotopic (exact) mass is 368 g/mol. The van der Waals surface area contributed by atoms with Gasteiger partial charge in [0.2, 0.25) is 0 Å². The van der Waals surface area contributed by atoms with E-state index in [1.54, 1.807) is 13.3 Å². The van der Waals surface area contributed by atoms with Crippen LogP contribution in [0.4, 0.5) is 0 Å². The lowest BCUT2D eigenvalue weighted by Crippen LogP contribution is -2.26. The van der Waals surface area contributed by atoms with E-state index in [4.69, 9.17) is 16.3 Å². The van der Waals surface area contributed by atoms with E-state index in [1.165, 1.54) is 11.1 Å². The highest BCUT2D eigenvalue weighted by Crippen LogP contribution is 2.23. The van der Waals surface area contributed by atoms with E-state index in [9.17, 15) is 0 Å². The number of nitrogens with zero attached hydrogens (tertiary/aromatic N) is 2. The van der Waals surface area contributed by atoms with E-state index >= 15 is 0 Å². The molecule has 0 atom stereocenters. The molecule has 0 radical (unpaired) electrons. The Kier molecular flexibility index (Phi) is 6.64. The van der Waals surface area contributed by atoms with Gasteiger partial charge in [0.25, 0.3) is 0 Å². The number of halogens is 2. The molecule has 0 saturated carbocycles. The summed E-state index contributed by atoms with van der Waals surface area (Å²) < 4.78 is 6.24. The zero-order valence-corrected chi connectivity index (χ0v) is 14.3. The standard InChI is InChI=1S/C16H18BrClN2O/c1-21-8-7-20(11-13-3-2-6-19-10-13)12-14-4-5-15(18)9-16(14)17/h2-6,9-10H,7-8,11-12H2,1H3. The van der Waals surface area contributed by atoms with Crippen LogP contribution in [0.5, 0.6) is 0 Å². The minimum Gasteiger partial charge on any atom is -0.383 e. The molecular formula is C16H18BrClN2O. The number of aromatic nitrogens is 1. The average Bonchev–Trinajstić information content (AvgIpc) is 2.48.